The van der Waals surface area contributed by atoms with E-state index in [2.05, 4.69) is 4.74 Å². The predicted molar refractivity (Wildman–Crippen MR) is 78.4 cm³/mol. The third-order valence-electron chi connectivity index (χ3n) is 5.34. The number of carbonyl (C=O) groups excluding carboxylic acids is 2. The zero-order chi connectivity index (χ0) is 20.9. The molecule has 0 radical (unpaired) electrons. The lowest BCUT2D eigenvalue weighted by atomic mass is 10.00. The first kappa shape index (κ1) is 21.3. The number of alkyl halides is 5. The van der Waals surface area contributed by atoms with E-state index in [4.69, 9.17) is 0 Å². The van der Waals surface area contributed by atoms with E-state index >= 15 is 0 Å². The predicted octanol–water partition coefficient (Wildman–Crippen LogP) is 1.23. The van der Waals surface area contributed by atoms with E-state index in [9.17, 15) is 41.4 Å². The average Bonchev–Trinajstić information content (AvgIpc) is 2.87. The van der Waals surface area contributed by atoms with Crippen LogP contribution in [0.5, 0.6) is 0 Å². The number of halogens is 5. The average molecular weight is 402 g/mol. The van der Waals surface area contributed by atoms with Crippen molar-refractivity contribution in [2.75, 3.05) is 6.54 Å². The minimum Gasteiger partial charge on any atom is -0.480 e. The molecule has 1 saturated heterocycles. The molecule has 0 spiro atoms. The minimum atomic E-state index is -5.36. The number of ether oxygens (including phenoxy) is 1. The number of nitrogens with zero attached hydrogens (tertiary/aromatic N) is 1. The number of carboxylic acid groups (broad SMARTS) is 1. The molecule has 0 aromatic rings. The van der Waals surface area contributed by atoms with Crippen molar-refractivity contribution in [3.05, 3.63) is 0 Å². The largest absolute Gasteiger partial charge is 0.480 e. The number of hydrogen-bond acceptors (Lipinski definition) is 4. The number of carboxylic acids is 1. The Kier molecular flexibility index (Phi) is 5.43. The van der Waals surface area contributed by atoms with Gasteiger partial charge in [0.25, 0.3) is 0 Å². The van der Waals surface area contributed by atoms with Gasteiger partial charge in [-0.3, -0.25) is 9.59 Å². The zero-order valence-corrected chi connectivity index (χ0v) is 14.6. The van der Waals surface area contributed by atoms with E-state index in [0.29, 0.717) is 0 Å². The smallest absolute Gasteiger partial charge is 0.471 e. The molecule has 0 unspecified atom stereocenters. The first-order valence-corrected chi connectivity index (χ1v) is 8.04. The highest BCUT2D eigenvalue weighted by Gasteiger charge is 2.70. The van der Waals surface area contributed by atoms with E-state index in [0.717, 1.165) is 11.8 Å². The summed E-state index contributed by atoms with van der Waals surface area (Å²) >= 11 is 0. The summed E-state index contributed by atoms with van der Waals surface area (Å²) < 4.78 is 66.6. The number of amides is 2. The maximum absolute atomic E-state index is 12.7. The van der Waals surface area contributed by atoms with Crippen molar-refractivity contribution in [3.63, 3.8) is 0 Å². The van der Waals surface area contributed by atoms with Crippen molar-refractivity contribution in [2.45, 2.75) is 51.7 Å². The molecule has 1 heterocycles. The van der Waals surface area contributed by atoms with Crippen LogP contribution < -0.4 is 5.32 Å². The van der Waals surface area contributed by atoms with E-state index in [1.807, 2.05) is 0 Å². The van der Waals surface area contributed by atoms with Crippen LogP contribution in [-0.4, -0.2) is 65.3 Å². The summed E-state index contributed by atoms with van der Waals surface area (Å²) in [5, 5.41) is 10.8. The second kappa shape index (κ2) is 6.88. The van der Waals surface area contributed by atoms with Crippen LogP contribution in [0.3, 0.4) is 0 Å². The minimum absolute atomic E-state index is 0.0622. The fourth-order valence-corrected chi connectivity index (χ4v) is 3.82. The molecule has 27 heavy (non-hydrogen) atoms. The number of nitrogens with one attached hydrogen (secondary N) is 1. The van der Waals surface area contributed by atoms with Crippen molar-refractivity contribution in [3.8, 4) is 0 Å². The molecule has 1 saturated carbocycles. The number of piperidine rings is 1. The quantitative estimate of drug-likeness (QED) is 0.652. The maximum atomic E-state index is 12.7. The number of likely N-dealkylation sites (tertiary alicyclic amines) is 1. The van der Waals surface area contributed by atoms with Crippen molar-refractivity contribution >= 4 is 17.8 Å². The highest BCUT2D eigenvalue weighted by molar-refractivity contribution is 5.93. The van der Waals surface area contributed by atoms with Crippen LogP contribution in [0.15, 0.2) is 0 Å². The summed E-state index contributed by atoms with van der Waals surface area (Å²) in [6, 6.07) is -3.43. The Balaban J connectivity index is 2.25. The maximum Gasteiger partial charge on any atom is 0.471 e. The highest BCUT2D eigenvalue weighted by Crippen LogP contribution is 2.64. The Morgan fingerprint density at radius 1 is 1.26 bits per heavy atom. The van der Waals surface area contributed by atoms with Crippen LogP contribution in [0.25, 0.3) is 0 Å². The van der Waals surface area contributed by atoms with Gasteiger partial charge >= 0.3 is 24.7 Å². The summed E-state index contributed by atoms with van der Waals surface area (Å²) in [5.74, 6) is -5.68. The number of hydrogen-bond donors (Lipinski definition) is 2. The van der Waals surface area contributed by atoms with E-state index in [-0.39, 0.29) is 17.9 Å². The van der Waals surface area contributed by atoms with Gasteiger partial charge in [-0.05, 0) is 18.3 Å². The van der Waals surface area contributed by atoms with Gasteiger partial charge in [0, 0.05) is 12.5 Å². The molecule has 5 atom stereocenters. The Bertz CT molecular complexity index is 639. The van der Waals surface area contributed by atoms with E-state index in [1.165, 1.54) is 5.32 Å². The van der Waals surface area contributed by atoms with Gasteiger partial charge in [0.15, 0.2) is 0 Å². The summed E-state index contributed by atoms with van der Waals surface area (Å²) in [7, 11) is 0. The Morgan fingerprint density at radius 2 is 1.81 bits per heavy atom. The van der Waals surface area contributed by atoms with E-state index < -0.39 is 54.7 Å². The molecular weight excluding hydrogens is 383 g/mol. The van der Waals surface area contributed by atoms with Gasteiger partial charge in [-0.1, -0.05) is 13.8 Å². The van der Waals surface area contributed by atoms with Crippen LogP contribution in [0, 0.1) is 17.3 Å². The Morgan fingerprint density at radius 3 is 2.26 bits per heavy atom. The van der Waals surface area contributed by atoms with Crippen molar-refractivity contribution in [2.24, 2.45) is 17.3 Å². The lowest BCUT2D eigenvalue weighted by molar-refractivity contribution is -0.186. The summed E-state index contributed by atoms with van der Waals surface area (Å²) in [6.07, 6.45) is -7.17. The molecule has 0 aromatic carbocycles. The molecule has 2 rings (SSSR count). The molecule has 1 aliphatic heterocycles. The van der Waals surface area contributed by atoms with Gasteiger partial charge in [0.05, 0.1) is 6.10 Å². The van der Waals surface area contributed by atoms with Gasteiger partial charge < -0.3 is 20.1 Å². The molecule has 7 nitrogen and oxygen atoms in total. The molecule has 1 aliphatic carbocycles. The van der Waals surface area contributed by atoms with Crippen LogP contribution >= 0.6 is 0 Å². The first-order valence-electron chi connectivity index (χ1n) is 8.04. The van der Waals surface area contributed by atoms with Gasteiger partial charge in [-0.15, -0.1) is 0 Å². The number of carbonyl (C=O) groups is 3. The van der Waals surface area contributed by atoms with Crippen molar-refractivity contribution in [1.29, 1.82) is 0 Å². The molecule has 2 fully saturated rings. The molecule has 12 heteroatoms. The van der Waals surface area contributed by atoms with Crippen LogP contribution in [-0.2, 0) is 19.1 Å². The summed E-state index contributed by atoms with van der Waals surface area (Å²) in [6.45, 7) is 1.02. The van der Waals surface area contributed by atoms with Gasteiger partial charge in [0.1, 0.15) is 12.1 Å². The molecule has 0 bridgehead atoms. The normalized spacial score (nSPS) is 28.5. The number of rotatable bonds is 6. The zero-order valence-electron chi connectivity index (χ0n) is 14.6. The second-order valence-electron chi connectivity index (χ2n) is 7.28. The third-order valence-corrected chi connectivity index (χ3v) is 5.34. The molecule has 2 N–H and O–H groups in total. The van der Waals surface area contributed by atoms with E-state index in [1.54, 1.807) is 13.8 Å². The Labute approximate surface area is 150 Å². The molecule has 154 valence electrons. The Hall–Kier alpha value is -1.98. The van der Waals surface area contributed by atoms with Crippen LogP contribution in [0.1, 0.15) is 20.8 Å². The van der Waals surface area contributed by atoms with Crippen LogP contribution in [0.2, 0.25) is 0 Å². The number of fused-ring (bicyclic) bond motifs is 1. The monoisotopic (exact) mass is 402 g/mol. The van der Waals surface area contributed by atoms with Gasteiger partial charge in [0.2, 0.25) is 5.91 Å². The summed E-state index contributed by atoms with van der Waals surface area (Å²) in [4.78, 5) is 36.3. The highest BCUT2D eigenvalue weighted by atomic mass is 19.4. The fourth-order valence-electron chi connectivity index (χ4n) is 3.82. The molecule has 0 aromatic heterocycles. The van der Waals surface area contributed by atoms with Gasteiger partial charge in [-0.2, -0.15) is 22.0 Å². The molecule has 2 aliphatic rings. The lowest BCUT2D eigenvalue weighted by Crippen LogP contribution is -2.59. The first-order chi connectivity index (χ1) is 12.2. The molecule has 2 amide bonds. The van der Waals surface area contributed by atoms with Crippen molar-refractivity contribution < 1.29 is 46.2 Å². The third kappa shape index (κ3) is 3.99. The van der Waals surface area contributed by atoms with Crippen LogP contribution in [0.4, 0.5) is 22.0 Å². The van der Waals surface area contributed by atoms with Crippen molar-refractivity contribution in [1.82, 2.24) is 10.2 Å². The standard InChI is InChI=1S/C15H19F5N2O5/c1-5(27-13(16)17)8(21-12(26)15(18,19)20)10(23)22-4-6-7(14(6,2)3)9(22)11(24)25/h5-9,13H,4H2,1-3H3,(H,21,26)(H,24,25)/t5-,6+,7+,8+,9+/m1/s1. The lowest BCUT2D eigenvalue weighted by Gasteiger charge is -2.33. The second-order valence-corrected chi connectivity index (χ2v) is 7.28. The van der Waals surface area contributed by atoms with Gasteiger partial charge in [-0.25, -0.2) is 4.79 Å². The SMILES string of the molecule is C[C@@H](OC(F)F)[C@H](NC(=O)C(F)(F)F)C(=O)N1C[C@H]2[C@@H]([C@H]1C(=O)O)C2(C)C. The summed E-state index contributed by atoms with van der Waals surface area (Å²) in [5.41, 5.74) is -0.365. The fraction of sp³-hybridized carbons (Fsp3) is 0.800. The topological polar surface area (TPSA) is 95.9 Å². The molecular formula is C15H19F5N2O5. The number of aliphatic carboxylic acids is 1.